The van der Waals surface area contributed by atoms with E-state index < -0.39 is 6.04 Å². The predicted molar refractivity (Wildman–Crippen MR) is 99.9 cm³/mol. The lowest BCUT2D eigenvalue weighted by atomic mass is 10.1. The van der Waals surface area contributed by atoms with Crippen molar-refractivity contribution >= 4 is 34.8 Å². The lowest BCUT2D eigenvalue weighted by Crippen LogP contribution is -2.50. The van der Waals surface area contributed by atoms with Crippen LogP contribution in [0.15, 0.2) is 48.5 Å². The second kappa shape index (κ2) is 7.25. The molecule has 0 saturated carbocycles. The summed E-state index contributed by atoms with van der Waals surface area (Å²) in [5.74, 6) is -0.326. The maximum Gasteiger partial charge on any atom is 0.244 e. The van der Waals surface area contributed by atoms with E-state index in [2.05, 4.69) is 10.6 Å². The summed E-state index contributed by atoms with van der Waals surface area (Å²) in [4.78, 5) is 26.3. The van der Waals surface area contributed by atoms with E-state index in [-0.39, 0.29) is 24.4 Å². The molecule has 1 aliphatic heterocycles. The fourth-order valence-corrected chi connectivity index (χ4v) is 3.08. The highest BCUT2D eigenvalue weighted by Crippen LogP contribution is 2.29. The van der Waals surface area contributed by atoms with Crippen LogP contribution >= 0.6 is 11.6 Å². The van der Waals surface area contributed by atoms with Gasteiger partial charge in [0.15, 0.2) is 0 Å². The van der Waals surface area contributed by atoms with E-state index in [1.165, 1.54) is 4.90 Å². The number of nitrogens with zero attached hydrogens (tertiary/aromatic N) is 1. The van der Waals surface area contributed by atoms with Gasteiger partial charge in [-0.1, -0.05) is 35.9 Å². The Morgan fingerprint density at radius 3 is 2.56 bits per heavy atom. The number of para-hydroxylation sites is 2. The van der Waals surface area contributed by atoms with Gasteiger partial charge in [0.05, 0.1) is 17.4 Å². The van der Waals surface area contributed by atoms with Gasteiger partial charge in [0, 0.05) is 11.1 Å². The Balaban J connectivity index is 1.74. The van der Waals surface area contributed by atoms with E-state index in [4.69, 9.17) is 11.6 Å². The molecular formula is C19H20ClN3O2. The summed E-state index contributed by atoms with van der Waals surface area (Å²) >= 11 is 5.92. The minimum absolute atomic E-state index is 0.0231. The maximum atomic E-state index is 12.9. The summed E-state index contributed by atoms with van der Waals surface area (Å²) in [6.07, 6.45) is 0. The van der Waals surface area contributed by atoms with Gasteiger partial charge in [-0.2, -0.15) is 0 Å². The third kappa shape index (κ3) is 3.83. The topological polar surface area (TPSA) is 61.4 Å². The van der Waals surface area contributed by atoms with Crippen molar-refractivity contribution < 1.29 is 9.59 Å². The first-order valence-corrected chi connectivity index (χ1v) is 8.55. The average molecular weight is 358 g/mol. The molecule has 0 saturated heterocycles. The van der Waals surface area contributed by atoms with E-state index >= 15 is 0 Å². The van der Waals surface area contributed by atoms with Gasteiger partial charge in [-0.3, -0.25) is 19.8 Å². The SMILES string of the molecule is C[C@H](N[C@@H](C)c1ccc(Cl)cc1)C(=O)N1CC(=O)Nc2ccccc21. The van der Waals surface area contributed by atoms with Gasteiger partial charge >= 0.3 is 0 Å². The minimum atomic E-state index is -0.440. The average Bonchev–Trinajstić information content (AvgIpc) is 2.60. The van der Waals surface area contributed by atoms with Crippen molar-refractivity contribution in [2.45, 2.75) is 25.9 Å². The fraction of sp³-hybridized carbons (Fsp3) is 0.263. The number of fused-ring (bicyclic) bond motifs is 1. The molecule has 2 aromatic rings. The highest BCUT2D eigenvalue weighted by atomic mass is 35.5. The molecule has 0 spiro atoms. The molecule has 2 atom stereocenters. The van der Waals surface area contributed by atoms with Crippen LogP contribution in [0.4, 0.5) is 11.4 Å². The Kier molecular flexibility index (Phi) is 5.06. The smallest absolute Gasteiger partial charge is 0.244 e. The van der Waals surface area contributed by atoms with Gasteiger partial charge < -0.3 is 5.32 Å². The number of benzene rings is 2. The predicted octanol–water partition coefficient (Wildman–Crippen LogP) is 3.36. The second-order valence-electron chi connectivity index (χ2n) is 6.15. The number of hydrogen-bond donors (Lipinski definition) is 2. The van der Waals surface area contributed by atoms with Crippen LogP contribution in [0, 0.1) is 0 Å². The zero-order valence-corrected chi connectivity index (χ0v) is 14.9. The number of halogens is 1. The number of carbonyl (C=O) groups is 2. The van der Waals surface area contributed by atoms with Crippen LogP contribution in [0.25, 0.3) is 0 Å². The van der Waals surface area contributed by atoms with Gasteiger partial charge in [-0.25, -0.2) is 0 Å². The number of carbonyl (C=O) groups excluding carboxylic acids is 2. The molecule has 0 radical (unpaired) electrons. The third-order valence-electron chi connectivity index (χ3n) is 4.28. The van der Waals surface area contributed by atoms with Crippen LogP contribution in [0.1, 0.15) is 25.5 Å². The van der Waals surface area contributed by atoms with Gasteiger partial charge in [0.2, 0.25) is 11.8 Å². The number of rotatable bonds is 4. The largest absolute Gasteiger partial charge is 0.323 e. The van der Waals surface area contributed by atoms with Gasteiger partial charge in [-0.05, 0) is 43.7 Å². The Morgan fingerprint density at radius 1 is 1.16 bits per heavy atom. The molecule has 3 rings (SSSR count). The highest BCUT2D eigenvalue weighted by Gasteiger charge is 2.30. The molecule has 1 aliphatic rings. The Labute approximate surface area is 152 Å². The van der Waals surface area contributed by atoms with Crippen molar-refractivity contribution in [3.8, 4) is 0 Å². The van der Waals surface area contributed by atoms with Gasteiger partial charge in [0.1, 0.15) is 6.54 Å². The summed E-state index contributed by atoms with van der Waals surface area (Å²) in [7, 11) is 0. The van der Waals surface area contributed by atoms with Crippen molar-refractivity contribution in [3.05, 3.63) is 59.1 Å². The van der Waals surface area contributed by atoms with Crippen LogP contribution in [0.3, 0.4) is 0 Å². The molecular weight excluding hydrogens is 338 g/mol. The number of nitrogens with one attached hydrogen (secondary N) is 2. The zero-order chi connectivity index (χ0) is 18.0. The van der Waals surface area contributed by atoms with E-state index in [1.807, 2.05) is 56.3 Å². The molecule has 5 nitrogen and oxygen atoms in total. The van der Waals surface area contributed by atoms with E-state index in [1.54, 1.807) is 6.07 Å². The molecule has 0 fully saturated rings. The van der Waals surface area contributed by atoms with Crippen molar-refractivity contribution in [2.75, 3.05) is 16.8 Å². The number of amides is 2. The number of anilines is 2. The van der Waals surface area contributed by atoms with Crippen LogP contribution in [-0.2, 0) is 9.59 Å². The Bertz CT molecular complexity index is 792. The quantitative estimate of drug-likeness (QED) is 0.882. The molecule has 2 aromatic carbocycles. The first-order valence-electron chi connectivity index (χ1n) is 8.17. The summed E-state index contributed by atoms with van der Waals surface area (Å²) < 4.78 is 0. The molecule has 130 valence electrons. The molecule has 2 N–H and O–H groups in total. The van der Waals surface area contributed by atoms with Crippen molar-refractivity contribution in [3.63, 3.8) is 0 Å². The maximum absolute atomic E-state index is 12.9. The van der Waals surface area contributed by atoms with Gasteiger partial charge in [0.25, 0.3) is 0 Å². The lowest BCUT2D eigenvalue weighted by Gasteiger charge is -2.32. The van der Waals surface area contributed by atoms with Gasteiger partial charge in [-0.15, -0.1) is 0 Å². The monoisotopic (exact) mass is 357 g/mol. The van der Waals surface area contributed by atoms with E-state index in [9.17, 15) is 9.59 Å². The summed E-state index contributed by atoms with van der Waals surface area (Å²) in [5.41, 5.74) is 2.42. The van der Waals surface area contributed by atoms with E-state index in [0.29, 0.717) is 10.7 Å². The summed E-state index contributed by atoms with van der Waals surface area (Å²) in [5, 5.41) is 6.76. The Hall–Kier alpha value is -2.37. The molecule has 0 bridgehead atoms. The second-order valence-corrected chi connectivity index (χ2v) is 6.59. The van der Waals surface area contributed by atoms with Crippen LogP contribution in [0.5, 0.6) is 0 Å². The molecule has 6 heteroatoms. The first kappa shape index (κ1) is 17.5. The van der Waals surface area contributed by atoms with E-state index in [0.717, 1.165) is 11.3 Å². The standard InChI is InChI=1S/C19H20ClN3O2/c1-12(14-7-9-15(20)10-8-14)21-13(2)19(25)23-11-18(24)22-16-5-3-4-6-17(16)23/h3-10,12-13,21H,11H2,1-2H3,(H,22,24)/t12-,13-/m0/s1. The molecule has 2 amide bonds. The fourth-order valence-electron chi connectivity index (χ4n) is 2.96. The molecule has 0 aliphatic carbocycles. The molecule has 0 aromatic heterocycles. The highest BCUT2D eigenvalue weighted by molar-refractivity contribution is 6.30. The zero-order valence-electron chi connectivity index (χ0n) is 14.1. The lowest BCUT2D eigenvalue weighted by molar-refractivity contribution is -0.123. The van der Waals surface area contributed by atoms with Crippen molar-refractivity contribution in [2.24, 2.45) is 0 Å². The Morgan fingerprint density at radius 2 is 1.84 bits per heavy atom. The minimum Gasteiger partial charge on any atom is -0.323 e. The molecule has 0 unspecified atom stereocenters. The molecule has 25 heavy (non-hydrogen) atoms. The van der Waals surface area contributed by atoms with Crippen LogP contribution < -0.4 is 15.5 Å². The number of hydrogen-bond acceptors (Lipinski definition) is 3. The molecule has 1 heterocycles. The first-order chi connectivity index (χ1) is 12.0. The normalized spacial score (nSPS) is 16.0. The van der Waals surface area contributed by atoms with Crippen molar-refractivity contribution in [1.29, 1.82) is 0 Å². The summed E-state index contributed by atoms with van der Waals surface area (Å²) in [6, 6.07) is 14.4. The third-order valence-corrected chi connectivity index (χ3v) is 4.53. The summed E-state index contributed by atoms with van der Waals surface area (Å²) in [6.45, 7) is 3.82. The van der Waals surface area contributed by atoms with Crippen LogP contribution in [0.2, 0.25) is 5.02 Å². The van der Waals surface area contributed by atoms with Crippen molar-refractivity contribution in [1.82, 2.24) is 5.32 Å². The van der Waals surface area contributed by atoms with Crippen LogP contribution in [-0.4, -0.2) is 24.4 Å².